The predicted molar refractivity (Wildman–Crippen MR) is 78.5 cm³/mol. The lowest BCUT2D eigenvalue weighted by molar-refractivity contribution is -0.166. The minimum absolute atomic E-state index is 0.104. The maximum atomic E-state index is 12.4. The summed E-state index contributed by atoms with van der Waals surface area (Å²) in [6.45, 7) is 0. The Morgan fingerprint density at radius 3 is 2.36 bits per heavy atom. The number of rotatable bonds is 4. The summed E-state index contributed by atoms with van der Waals surface area (Å²) in [6, 6.07) is 6.61. The van der Waals surface area contributed by atoms with Crippen LogP contribution in [0.4, 0.5) is 0 Å². The highest BCUT2D eigenvalue weighted by molar-refractivity contribution is 5.93. The van der Waals surface area contributed by atoms with E-state index >= 15 is 0 Å². The van der Waals surface area contributed by atoms with Gasteiger partial charge in [-0.05, 0) is 36.6 Å². The molecule has 0 unspecified atom stereocenters. The number of hydrogen-bond donors (Lipinski definition) is 0. The molecule has 0 amide bonds. The molecule has 0 N–H and O–H groups in total. The molecule has 2 bridgehead atoms. The molecule has 5 nitrogen and oxygen atoms in total. The molecule has 0 aliphatic heterocycles. The fourth-order valence-electron chi connectivity index (χ4n) is 3.33. The molecule has 1 aromatic carbocycles. The largest absolute Gasteiger partial charge is 0.497 e. The summed E-state index contributed by atoms with van der Waals surface area (Å²) in [5.74, 6) is -0.179. The van der Waals surface area contributed by atoms with Crippen LogP contribution in [0.5, 0.6) is 5.75 Å². The van der Waals surface area contributed by atoms with Gasteiger partial charge in [0.15, 0.2) is 0 Å². The third kappa shape index (κ3) is 2.26. The van der Waals surface area contributed by atoms with Crippen LogP contribution in [-0.2, 0) is 14.3 Å². The smallest absolute Gasteiger partial charge is 0.351 e. The lowest BCUT2D eigenvalue weighted by Crippen LogP contribution is -2.47. The lowest BCUT2D eigenvalue weighted by Gasteiger charge is -2.32. The van der Waals surface area contributed by atoms with Crippen LogP contribution < -0.4 is 4.74 Å². The average Bonchev–Trinajstić information content (AvgIpc) is 3.15. The van der Waals surface area contributed by atoms with E-state index in [0.717, 1.165) is 6.42 Å². The molecular weight excluding hydrogens is 284 g/mol. The minimum atomic E-state index is -1.19. The van der Waals surface area contributed by atoms with E-state index in [1.54, 1.807) is 31.4 Å². The Kier molecular flexibility index (Phi) is 3.64. The summed E-state index contributed by atoms with van der Waals surface area (Å²) in [5.41, 5.74) is -0.804. The second kappa shape index (κ2) is 5.48. The normalized spacial score (nSPS) is 28.5. The first-order valence-electron chi connectivity index (χ1n) is 7.23. The van der Waals surface area contributed by atoms with Crippen LogP contribution in [0.2, 0.25) is 0 Å². The van der Waals surface area contributed by atoms with Crippen LogP contribution in [-0.4, -0.2) is 31.8 Å². The van der Waals surface area contributed by atoms with Crippen molar-refractivity contribution in [3.8, 4) is 5.75 Å². The Morgan fingerprint density at radius 1 is 1.14 bits per heavy atom. The molecule has 1 saturated carbocycles. The van der Waals surface area contributed by atoms with Gasteiger partial charge < -0.3 is 14.2 Å². The van der Waals surface area contributed by atoms with E-state index in [0.29, 0.717) is 17.7 Å². The van der Waals surface area contributed by atoms with Crippen molar-refractivity contribution in [3.05, 3.63) is 42.0 Å². The predicted octanol–water partition coefficient (Wildman–Crippen LogP) is 2.36. The highest BCUT2D eigenvalue weighted by Gasteiger charge is 2.57. The molecule has 2 aliphatic rings. The van der Waals surface area contributed by atoms with Crippen LogP contribution in [0, 0.1) is 11.8 Å². The van der Waals surface area contributed by atoms with Gasteiger partial charge in [-0.3, -0.25) is 0 Å². The van der Waals surface area contributed by atoms with E-state index in [-0.39, 0.29) is 11.8 Å². The van der Waals surface area contributed by atoms with Gasteiger partial charge in [-0.2, -0.15) is 0 Å². The summed E-state index contributed by atoms with van der Waals surface area (Å²) in [5, 5.41) is 0. The first-order chi connectivity index (χ1) is 10.6. The van der Waals surface area contributed by atoms with E-state index < -0.39 is 17.5 Å². The first-order valence-corrected chi connectivity index (χ1v) is 7.23. The van der Waals surface area contributed by atoms with Gasteiger partial charge in [0.25, 0.3) is 0 Å². The molecule has 2 aliphatic carbocycles. The lowest BCUT2D eigenvalue weighted by atomic mass is 9.88. The number of ether oxygens (including phenoxy) is 3. The Balaban J connectivity index is 1.83. The van der Waals surface area contributed by atoms with E-state index in [1.165, 1.54) is 7.11 Å². The molecule has 1 fully saturated rings. The van der Waals surface area contributed by atoms with Crippen LogP contribution in [0.15, 0.2) is 36.4 Å². The van der Waals surface area contributed by atoms with Gasteiger partial charge in [-0.15, -0.1) is 0 Å². The minimum Gasteiger partial charge on any atom is -0.497 e. The maximum absolute atomic E-state index is 12.4. The number of allylic oxidation sites excluding steroid dienone is 1. The Labute approximate surface area is 128 Å². The van der Waals surface area contributed by atoms with Crippen LogP contribution in [0.25, 0.3) is 0 Å². The molecule has 0 aromatic heterocycles. The molecule has 5 heteroatoms. The molecular formula is C17H18O5. The maximum Gasteiger partial charge on any atom is 0.351 e. The molecule has 0 spiro atoms. The molecule has 0 heterocycles. The van der Waals surface area contributed by atoms with E-state index in [1.807, 2.05) is 6.08 Å². The van der Waals surface area contributed by atoms with Crippen molar-refractivity contribution < 1.29 is 23.8 Å². The Bertz CT molecular complexity index is 618. The molecule has 22 heavy (non-hydrogen) atoms. The van der Waals surface area contributed by atoms with Crippen molar-refractivity contribution in [2.24, 2.45) is 11.8 Å². The number of esters is 2. The quantitative estimate of drug-likeness (QED) is 0.631. The van der Waals surface area contributed by atoms with Crippen molar-refractivity contribution in [3.63, 3.8) is 0 Å². The van der Waals surface area contributed by atoms with Gasteiger partial charge in [0.05, 0.1) is 19.8 Å². The monoisotopic (exact) mass is 302 g/mol. The fraction of sp³-hybridized carbons (Fsp3) is 0.412. The molecule has 0 radical (unpaired) electrons. The van der Waals surface area contributed by atoms with Crippen LogP contribution in [0.1, 0.15) is 23.2 Å². The number of fused-ring (bicyclic) bond motifs is 2. The Hall–Kier alpha value is -2.30. The van der Waals surface area contributed by atoms with Crippen molar-refractivity contribution in [2.45, 2.75) is 18.4 Å². The van der Waals surface area contributed by atoms with Crippen molar-refractivity contribution in [1.29, 1.82) is 0 Å². The van der Waals surface area contributed by atoms with E-state index in [9.17, 15) is 9.59 Å². The zero-order valence-electron chi connectivity index (χ0n) is 12.6. The second-order valence-corrected chi connectivity index (χ2v) is 5.69. The van der Waals surface area contributed by atoms with Crippen molar-refractivity contribution in [2.75, 3.05) is 14.2 Å². The van der Waals surface area contributed by atoms with Crippen molar-refractivity contribution >= 4 is 11.9 Å². The van der Waals surface area contributed by atoms with Gasteiger partial charge >= 0.3 is 11.9 Å². The second-order valence-electron chi connectivity index (χ2n) is 5.69. The molecule has 0 saturated heterocycles. The third-order valence-electron chi connectivity index (χ3n) is 4.47. The summed E-state index contributed by atoms with van der Waals surface area (Å²) < 4.78 is 15.6. The zero-order chi connectivity index (χ0) is 15.7. The topological polar surface area (TPSA) is 61.8 Å². The van der Waals surface area contributed by atoms with E-state index in [4.69, 9.17) is 14.2 Å². The number of hydrogen-bond acceptors (Lipinski definition) is 5. The number of carbonyl (C=O) groups is 2. The van der Waals surface area contributed by atoms with Gasteiger partial charge in [0, 0.05) is 12.3 Å². The molecule has 1 aromatic rings. The fourth-order valence-corrected chi connectivity index (χ4v) is 3.33. The summed E-state index contributed by atoms with van der Waals surface area (Å²) in [6.07, 6.45) is 5.34. The van der Waals surface area contributed by atoms with Gasteiger partial charge in [-0.1, -0.05) is 12.2 Å². The van der Waals surface area contributed by atoms with Crippen LogP contribution >= 0.6 is 0 Å². The summed E-state index contributed by atoms with van der Waals surface area (Å²) in [7, 11) is 2.88. The van der Waals surface area contributed by atoms with Crippen LogP contribution in [0.3, 0.4) is 0 Å². The van der Waals surface area contributed by atoms with Crippen molar-refractivity contribution in [1.82, 2.24) is 0 Å². The highest BCUT2D eigenvalue weighted by Crippen LogP contribution is 2.49. The highest BCUT2D eigenvalue weighted by atomic mass is 16.6. The molecule has 3 atom stereocenters. The molecule has 116 valence electrons. The van der Waals surface area contributed by atoms with Gasteiger partial charge in [-0.25, -0.2) is 9.59 Å². The zero-order valence-corrected chi connectivity index (χ0v) is 12.6. The summed E-state index contributed by atoms with van der Waals surface area (Å²) >= 11 is 0. The Morgan fingerprint density at radius 2 is 1.86 bits per heavy atom. The van der Waals surface area contributed by atoms with E-state index in [2.05, 4.69) is 6.08 Å². The average molecular weight is 302 g/mol. The van der Waals surface area contributed by atoms with Gasteiger partial charge in [0.1, 0.15) is 5.75 Å². The third-order valence-corrected chi connectivity index (χ3v) is 4.47. The SMILES string of the molecule is COC(=O)[C@@]1(OC(=O)c2ccc(OC)cc2)C[C@@H]2C=C[C@H]1C2. The standard InChI is InChI=1S/C17H18O5/c1-20-14-7-4-12(5-8-14)15(18)22-17(16(19)21-2)10-11-3-6-13(17)9-11/h3-8,11,13H,9-10H2,1-2H3/t11-,13+,17-/m1/s1. The number of carbonyl (C=O) groups excluding carboxylic acids is 2. The number of benzene rings is 1. The van der Waals surface area contributed by atoms with Gasteiger partial charge in [0.2, 0.25) is 5.60 Å². The molecule has 3 rings (SSSR count). The number of methoxy groups -OCH3 is 2. The summed E-state index contributed by atoms with van der Waals surface area (Å²) in [4.78, 5) is 24.6. The first kappa shape index (κ1) is 14.6.